The van der Waals surface area contributed by atoms with Gasteiger partial charge < -0.3 is 4.74 Å². The van der Waals surface area contributed by atoms with Crippen molar-refractivity contribution in [3.05, 3.63) is 47.6 Å². The first-order valence-electron chi connectivity index (χ1n) is 9.14. The Morgan fingerprint density at radius 2 is 2.00 bits per heavy atom. The molecule has 0 fully saturated rings. The van der Waals surface area contributed by atoms with Crippen molar-refractivity contribution in [2.24, 2.45) is 5.92 Å². The number of allylic oxidation sites excluding steroid dienone is 4. The average molecular weight is 334 g/mol. The number of hydrogen-bond acceptors (Lipinski definition) is 1. The summed E-state index contributed by atoms with van der Waals surface area (Å²) in [7, 11) is 0. The second-order valence-corrected chi connectivity index (χ2v) is 6.42. The SMILES string of the molecule is CCC/C=C/C1CC=C(c2ccc(OCCCC)c(F)c2F)CC1. The predicted molar refractivity (Wildman–Crippen MR) is 96.1 cm³/mol. The summed E-state index contributed by atoms with van der Waals surface area (Å²) in [5.74, 6) is -1.11. The third kappa shape index (κ3) is 4.93. The van der Waals surface area contributed by atoms with E-state index in [4.69, 9.17) is 4.74 Å². The third-order valence-electron chi connectivity index (χ3n) is 4.46. The summed E-state index contributed by atoms with van der Waals surface area (Å²) in [5.41, 5.74) is 1.29. The van der Waals surface area contributed by atoms with Gasteiger partial charge in [0.05, 0.1) is 6.61 Å². The summed E-state index contributed by atoms with van der Waals surface area (Å²) in [6, 6.07) is 3.20. The molecule has 1 unspecified atom stereocenters. The average Bonchev–Trinajstić information content (AvgIpc) is 2.60. The van der Waals surface area contributed by atoms with E-state index in [2.05, 4.69) is 25.2 Å². The van der Waals surface area contributed by atoms with Crippen LogP contribution < -0.4 is 4.74 Å². The lowest BCUT2D eigenvalue weighted by Crippen LogP contribution is -2.06. The van der Waals surface area contributed by atoms with Gasteiger partial charge in [0.1, 0.15) is 0 Å². The molecule has 2 rings (SSSR count). The van der Waals surface area contributed by atoms with Gasteiger partial charge in [-0.15, -0.1) is 0 Å². The van der Waals surface area contributed by atoms with E-state index in [1.165, 1.54) is 0 Å². The highest BCUT2D eigenvalue weighted by Gasteiger charge is 2.20. The molecular formula is C21H28F2O. The zero-order chi connectivity index (χ0) is 17.4. The number of rotatable bonds is 8. The van der Waals surface area contributed by atoms with E-state index < -0.39 is 11.6 Å². The zero-order valence-electron chi connectivity index (χ0n) is 14.8. The van der Waals surface area contributed by atoms with Gasteiger partial charge in [-0.3, -0.25) is 0 Å². The summed E-state index contributed by atoms with van der Waals surface area (Å²) in [6.07, 6.45) is 13.3. The minimum atomic E-state index is -0.866. The number of benzene rings is 1. The van der Waals surface area contributed by atoms with E-state index in [-0.39, 0.29) is 5.75 Å². The molecule has 0 amide bonds. The van der Waals surface area contributed by atoms with Crippen molar-refractivity contribution >= 4 is 5.57 Å². The Hall–Kier alpha value is -1.64. The molecule has 1 aliphatic carbocycles. The minimum absolute atomic E-state index is 0.0153. The van der Waals surface area contributed by atoms with Crippen molar-refractivity contribution in [2.45, 2.75) is 58.8 Å². The van der Waals surface area contributed by atoms with Crippen molar-refractivity contribution in [2.75, 3.05) is 6.61 Å². The Bertz CT molecular complexity index is 590. The molecule has 3 heteroatoms. The molecule has 0 heterocycles. The van der Waals surface area contributed by atoms with Gasteiger partial charge in [-0.05, 0) is 55.7 Å². The highest BCUT2D eigenvalue weighted by atomic mass is 19.2. The highest BCUT2D eigenvalue weighted by Crippen LogP contribution is 2.34. The van der Waals surface area contributed by atoms with E-state index in [9.17, 15) is 8.78 Å². The largest absolute Gasteiger partial charge is 0.490 e. The molecule has 1 atom stereocenters. The smallest absolute Gasteiger partial charge is 0.201 e. The molecule has 1 aromatic rings. The van der Waals surface area contributed by atoms with Crippen LogP contribution in [-0.4, -0.2) is 6.61 Å². The Kier molecular flexibility index (Phi) is 7.48. The molecule has 1 nitrogen and oxygen atoms in total. The van der Waals surface area contributed by atoms with E-state index in [1.807, 2.05) is 6.92 Å². The van der Waals surface area contributed by atoms with Gasteiger partial charge in [-0.25, -0.2) is 4.39 Å². The van der Waals surface area contributed by atoms with Crippen molar-refractivity contribution in [3.8, 4) is 5.75 Å². The minimum Gasteiger partial charge on any atom is -0.490 e. The summed E-state index contributed by atoms with van der Waals surface area (Å²) >= 11 is 0. The summed E-state index contributed by atoms with van der Waals surface area (Å²) in [4.78, 5) is 0. The summed E-state index contributed by atoms with van der Waals surface area (Å²) in [5, 5.41) is 0. The number of ether oxygens (including phenoxy) is 1. The molecule has 0 radical (unpaired) electrons. The fourth-order valence-electron chi connectivity index (χ4n) is 2.95. The van der Waals surface area contributed by atoms with Crippen LogP contribution in [0.4, 0.5) is 8.78 Å². The Morgan fingerprint density at radius 1 is 1.17 bits per heavy atom. The van der Waals surface area contributed by atoms with Crippen LogP contribution in [0.1, 0.15) is 64.4 Å². The van der Waals surface area contributed by atoms with Crippen LogP contribution in [0.25, 0.3) is 5.57 Å². The molecule has 0 saturated heterocycles. The number of hydrogen-bond donors (Lipinski definition) is 0. The van der Waals surface area contributed by atoms with Crippen LogP contribution in [0.2, 0.25) is 0 Å². The van der Waals surface area contributed by atoms with Crippen molar-refractivity contribution < 1.29 is 13.5 Å². The molecule has 0 spiro atoms. The van der Waals surface area contributed by atoms with Crippen molar-refractivity contribution in [1.82, 2.24) is 0 Å². The summed E-state index contributed by atoms with van der Waals surface area (Å²) in [6.45, 7) is 4.61. The topological polar surface area (TPSA) is 9.23 Å². The molecule has 1 aromatic carbocycles. The lowest BCUT2D eigenvalue weighted by molar-refractivity contribution is 0.288. The Morgan fingerprint density at radius 3 is 2.67 bits per heavy atom. The molecule has 24 heavy (non-hydrogen) atoms. The van der Waals surface area contributed by atoms with Gasteiger partial charge in [-0.2, -0.15) is 4.39 Å². The van der Waals surface area contributed by atoms with Crippen LogP contribution in [0.15, 0.2) is 30.4 Å². The monoisotopic (exact) mass is 334 g/mol. The summed E-state index contributed by atoms with van der Waals surface area (Å²) < 4.78 is 33.9. The lowest BCUT2D eigenvalue weighted by atomic mass is 9.86. The fourth-order valence-corrected chi connectivity index (χ4v) is 2.95. The second kappa shape index (κ2) is 9.61. The standard InChI is InChI=1S/C21H28F2O/c1-3-5-7-8-16-9-11-17(12-10-16)18-13-14-19(21(23)20(18)22)24-15-6-4-2/h7-8,11,13-14,16H,3-6,9-10,12,15H2,1-2H3/b8-7+. The molecule has 132 valence electrons. The maximum absolute atomic E-state index is 14.4. The highest BCUT2D eigenvalue weighted by molar-refractivity contribution is 5.67. The van der Waals surface area contributed by atoms with E-state index in [1.54, 1.807) is 12.1 Å². The molecule has 0 saturated carbocycles. The molecule has 0 N–H and O–H groups in total. The third-order valence-corrected chi connectivity index (χ3v) is 4.46. The first kappa shape index (κ1) is 18.7. The van der Waals surface area contributed by atoms with Crippen LogP contribution in [0, 0.1) is 17.6 Å². The number of halogens is 2. The maximum atomic E-state index is 14.4. The fraction of sp³-hybridized carbons (Fsp3) is 0.524. The second-order valence-electron chi connectivity index (χ2n) is 6.42. The van der Waals surface area contributed by atoms with Gasteiger partial charge in [0.25, 0.3) is 0 Å². The molecule has 0 aromatic heterocycles. The van der Waals surface area contributed by atoms with Gasteiger partial charge in [0.15, 0.2) is 11.6 Å². The Balaban J connectivity index is 2.06. The van der Waals surface area contributed by atoms with Gasteiger partial charge in [0.2, 0.25) is 5.82 Å². The zero-order valence-corrected chi connectivity index (χ0v) is 14.8. The van der Waals surface area contributed by atoms with Gasteiger partial charge in [-0.1, -0.05) is 44.9 Å². The molecule has 0 bridgehead atoms. The first-order chi connectivity index (χ1) is 11.7. The van der Waals surface area contributed by atoms with E-state index in [0.717, 1.165) is 50.5 Å². The number of unbranched alkanes of at least 4 members (excludes halogenated alkanes) is 2. The molecular weight excluding hydrogens is 306 g/mol. The van der Waals surface area contributed by atoms with Crippen molar-refractivity contribution in [1.29, 1.82) is 0 Å². The van der Waals surface area contributed by atoms with E-state index in [0.29, 0.717) is 18.1 Å². The molecule has 0 aliphatic heterocycles. The van der Waals surface area contributed by atoms with Crippen molar-refractivity contribution in [3.63, 3.8) is 0 Å². The predicted octanol–water partition coefficient (Wildman–Crippen LogP) is 6.68. The first-order valence-corrected chi connectivity index (χ1v) is 9.14. The van der Waals surface area contributed by atoms with Crippen LogP contribution >= 0.6 is 0 Å². The van der Waals surface area contributed by atoms with Gasteiger partial charge >= 0.3 is 0 Å². The maximum Gasteiger partial charge on any atom is 0.201 e. The quantitative estimate of drug-likeness (QED) is 0.380. The van der Waals surface area contributed by atoms with Crippen LogP contribution in [0.5, 0.6) is 5.75 Å². The van der Waals surface area contributed by atoms with Gasteiger partial charge in [0, 0.05) is 5.56 Å². The van der Waals surface area contributed by atoms with E-state index >= 15 is 0 Å². The van der Waals surface area contributed by atoms with Crippen LogP contribution in [-0.2, 0) is 0 Å². The Labute approximate surface area is 144 Å². The lowest BCUT2D eigenvalue weighted by Gasteiger charge is -2.20. The van der Waals surface area contributed by atoms with Crippen LogP contribution in [0.3, 0.4) is 0 Å². The molecule has 1 aliphatic rings. The normalized spacial score (nSPS) is 18.0.